The molecule has 2 aromatic carbocycles. The quantitative estimate of drug-likeness (QED) is 0.527. The van der Waals surface area contributed by atoms with E-state index in [2.05, 4.69) is 22.2 Å². The zero-order chi connectivity index (χ0) is 19.8. The molecule has 3 rings (SSSR count). The number of fused-ring (bicyclic) bond motifs is 1. The molecule has 0 saturated carbocycles. The number of para-hydroxylation sites is 1. The second-order valence-electron chi connectivity index (χ2n) is 6.36. The van der Waals surface area contributed by atoms with E-state index in [1.54, 1.807) is 6.08 Å². The predicted octanol–water partition coefficient (Wildman–Crippen LogP) is 3.31. The van der Waals surface area contributed by atoms with E-state index >= 15 is 0 Å². The van der Waals surface area contributed by atoms with E-state index in [1.165, 1.54) is 0 Å². The number of rotatable bonds is 8. The lowest BCUT2D eigenvalue weighted by molar-refractivity contribution is -0.122. The third kappa shape index (κ3) is 5.01. The minimum atomic E-state index is -0.762. The molecular weight excluding hydrogens is 354 g/mol. The van der Waals surface area contributed by atoms with Crippen LogP contribution in [0.3, 0.4) is 0 Å². The highest BCUT2D eigenvalue weighted by molar-refractivity contribution is 5.88. The number of carbonyl (C=O) groups is 2. The molecule has 1 aromatic heterocycles. The van der Waals surface area contributed by atoms with Crippen molar-refractivity contribution in [2.45, 2.75) is 19.1 Å². The molecule has 0 saturated heterocycles. The molecule has 0 spiro atoms. The Labute approximate surface area is 163 Å². The van der Waals surface area contributed by atoms with Crippen LogP contribution < -0.4 is 10.6 Å². The summed E-state index contributed by atoms with van der Waals surface area (Å²) in [7, 11) is 0. The lowest BCUT2D eigenvalue weighted by Gasteiger charge is -2.18. The largest absolute Gasteiger partial charge is 0.445 e. The molecule has 3 N–H and O–H groups in total. The van der Waals surface area contributed by atoms with E-state index in [0.29, 0.717) is 13.0 Å². The molecule has 2 amide bonds. The highest BCUT2D eigenvalue weighted by atomic mass is 16.5. The summed E-state index contributed by atoms with van der Waals surface area (Å²) < 4.78 is 5.26. The smallest absolute Gasteiger partial charge is 0.408 e. The molecular formula is C22H23N3O3. The van der Waals surface area contributed by atoms with Crippen molar-refractivity contribution < 1.29 is 14.3 Å². The maximum atomic E-state index is 12.5. The van der Waals surface area contributed by atoms with E-state index in [1.807, 2.05) is 60.8 Å². The molecule has 6 nitrogen and oxygen atoms in total. The van der Waals surface area contributed by atoms with Crippen LogP contribution in [0.25, 0.3) is 10.9 Å². The average Bonchev–Trinajstić information content (AvgIpc) is 3.13. The normalized spacial score (nSPS) is 11.6. The van der Waals surface area contributed by atoms with Gasteiger partial charge in [0.1, 0.15) is 12.6 Å². The number of amides is 2. The van der Waals surface area contributed by atoms with Crippen molar-refractivity contribution in [1.82, 2.24) is 15.6 Å². The highest BCUT2D eigenvalue weighted by Gasteiger charge is 2.23. The van der Waals surface area contributed by atoms with Crippen molar-refractivity contribution in [1.29, 1.82) is 0 Å². The van der Waals surface area contributed by atoms with E-state index in [9.17, 15) is 9.59 Å². The Balaban J connectivity index is 1.68. The first kappa shape index (κ1) is 19.2. The van der Waals surface area contributed by atoms with Gasteiger partial charge >= 0.3 is 6.09 Å². The zero-order valence-electron chi connectivity index (χ0n) is 15.5. The standard InChI is InChI=1S/C22H23N3O3/c1-2-12-23-21(26)20(13-17-14-24-19-11-7-6-10-18(17)19)25-22(27)28-15-16-8-4-3-5-9-16/h2-11,14,20,24H,1,12-13,15H2,(H,23,26)(H,25,27)/t20-/m0/s1. The van der Waals surface area contributed by atoms with Crippen molar-refractivity contribution in [2.24, 2.45) is 0 Å². The van der Waals surface area contributed by atoms with E-state index < -0.39 is 12.1 Å². The summed E-state index contributed by atoms with van der Waals surface area (Å²) in [6, 6.07) is 16.4. The number of aromatic nitrogens is 1. The molecule has 0 aliphatic rings. The third-order valence-electron chi connectivity index (χ3n) is 4.34. The van der Waals surface area contributed by atoms with Gasteiger partial charge in [-0.1, -0.05) is 54.6 Å². The highest BCUT2D eigenvalue weighted by Crippen LogP contribution is 2.19. The molecule has 0 aliphatic carbocycles. The van der Waals surface area contributed by atoms with Gasteiger partial charge in [0.15, 0.2) is 0 Å². The van der Waals surface area contributed by atoms with Gasteiger partial charge in [-0.2, -0.15) is 0 Å². The van der Waals surface area contributed by atoms with Gasteiger partial charge in [-0.3, -0.25) is 4.79 Å². The molecule has 0 fully saturated rings. The molecule has 0 aliphatic heterocycles. The van der Waals surface area contributed by atoms with Crippen molar-refractivity contribution >= 4 is 22.9 Å². The van der Waals surface area contributed by atoms with Gasteiger partial charge in [-0.25, -0.2) is 4.79 Å². The number of alkyl carbamates (subject to hydrolysis) is 1. The van der Waals surface area contributed by atoms with Gasteiger partial charge in [0.2, 0.25) is 5.91 Å². The summed E-state index contributed by atoms with van der Waals surface area (Å²) in [6.45, 7) is 4.06. The Kier molecular flexibility index (Phi) is 6.46. The van der Waals surface area contributed by atoms with Crippen LogP contribution >= 0.6 is 0 Å². The van der Waals surface area contributed by atoms with Crippen molar-refractivity contribution in [3.05, 3.63) is 84.6 Å². The van der Waals surface area contributed by atoms with E-state index in [4.69, 9.17) is 4.74 Å². The van der Waals surface area contributed by atoms with Gasteiger partial charge in [-0.05, 0) is 17.2 Å². The van der Waals surface area contributed by atoms with Crippen molar-refractivity contribution in [3.8, 4) is 0 Å². The molecule has 0 bridgehead atoms. The van der Waals surface area contributed by atoms with Crippen molar-refractivity contribution in [2.75, 3.05) is 6.54 Å². The van der Waals surface area contributed by atoms with Gasteiger partial charge in [0.25, 0.3) is 0 Å². The summed E-state index contributed by atoms with van der Waals surface area (Å²) in [5, 5.41) is 6.43. The molecule has 28 heavy (non-hydrogen) atoms. The maximum Gasteiger partial charge on any atom is 0.408 e. The van der Waals surface area contributed by atoms with Crippen LogP contribution in [0.5, 0.6) is 0 Å². The summed E-state index contributed by atoms with van der Waals surface area (Å²) >= 11 is 0. The third-order valence-corrected chi connectivity index (χ3v) is 4.34. The Hall–Kier alpha value is -3.54. The second kappa shape index (κ2) is 9.41. The first-order valence-corrected chi connectivity index (χ1v) is 9.08. The number of nitrogens with one attached hydrogen (secondary N) is 3. The Morgan fingerprint density at radius 3 is 2.64 bits per heavy atom. The van der Waals surface area contributed by atoms with Crippen molar-refractivity contribution in [3.63, 3.8) is 0 Å². The first-order chi connectivity index (χ1) is 13.7. The monoisotopic (exact) mass is 377 g/mol. The number of hydrogen-bond acceptors (Lipinski definition) is 3. The number of benzene rings is 2. The number of aromatic amines is 1. The van der Waals surface area contributed by atoms with Gasteiger partial charge in [-0.15, -0.1) is 6.58 Å². The number of ether oxygens (including phenoxy) is 1. The minimum absolute atomic E-state index is 0.140. The topological polar surface area (TPSA) is 83.2 Å². The van der Waals surface area contributed by atoms with Crippen LogP contribution in [-0.4, -0.2) is 29.6 Å². The number of hydrogen-bond donors (Lipinski definition) is 3. The van der Waals surface area contributed by atoms with Gasteiger partial charge in [0.05, 0.1) is 0 Å². The molecule has 6 heteroatoms. The molecule has 144 valence electrons. The Morgan fingerprint density at radius 1 is 1.11 bits per heavy atom. The fraction of sp³-hybridized carbons (Fsp3) is 0.182. The summed E-state index contributed by atoms with van der Waals surface area (Å²) in [5.41, 5.74) is 2.80. The lowest BCUT2D eigenvalue weighted by Crippen LogP contribution is -2.48. The summed E-state index contributed by atoms with van der Waals surface area (Å²) in [6.07, 6.45) is 3.15. The predicted molar refractivity (Wildman–Crippen MR) is 109 cm³/mol. The molecule has 3 aromatic rings. The number of carbonyl (C=O) groups excluding carboxylic acids is 2. The number of H-pyrrole nitrogens is 1. The maximum absolute atomic E-state index is 12.5. The summed E-state index contributed by atoms with van der Waals surface area (Å²) in [5.74, 6) is -0.290. The fourth-order valence-corrected chi connectivity index (χ4v) is 2.93. The van der Waals surface area contributed by atoms with Gasteiger partial charge < -0.3 is 20.4 Å². The van der Waals surface area contributed by atoms with Crippen LogP contribution in [0.2, 0.25) is 0 Å². The van der Waals surface area contributed by atoms with Crippen LogP contribution in [0, 0.1) is 0 Å². The zero-order valence-corrected chi connectivity index (χ0v) is 15.5. The molecule has 1 atom stereocenters. The average molecular weight is 377 g/mol. The van der Waals surface area contributed by atoms with Crippen LogP contribution in [0.15, 0.2) is 73.4 Å². The second-order valence-corrected chi connectivity index (χ2v) is 6.36. The van der Waals surface area contributed by atoms with E-state index in [-0.39, 0.29) is 12.5 Å². The van der Waals surface area contributed by atoms with Crippen LogP contribution in [-0.2, 0) is 22.6 Å². The lowest BCUT2D eigenvalue weighted by atomic mass is 10.0. The van der Waals surface area contributed by atoms with Gasteiger partial charge in [0, 0.05) is 30.1 Å². The van der Waals surface area contributed by atoms with Crippen LogP contribution in [0.4, 0.5) is 4.79 Å². The van der Waals surface area contributed by atoms with E-state index in [0.717, 1.165) is 22.0 Å². The summed E-state index contributed by atoms with van der Waals surface area (Å²) in [4.78, 5) is 28.0. The molecule has 0 radical (unpaired) electrons. The SMILES string of the molecule is C=CCNC(=O)[C@H](Cc1c[nH]c2ccccc12)NC(=O)OCc1ccccc1. The minimum Gasteiger partial charge on any atom is -0.445 e. The first-order valence-electron chi connectivity index (χ1n) is 9.08. The fourth-order valence-electron chi connectivity index (χ4n) is 2.93. The molecule has 0 unspecified atom stereocenters. The molecule has 1 heterocycles. The van der Waals surface area contributed by atoms with Crippen LogP contribution in [0.1, 0.15) is 11.1 Å². The Bertz CT molecular complexity index is 950. The Morgan fingerprint density at radius 2 is 1.86 bits per heavy atom.